The number of rotatable bonds is 5. The van der Waals surface area contributed by atoms with Crippen LogP contribution in [-0.4, -0.2) is 44.1 Å². The van der Waals surface area contributed by atoms with E-state index in [1.165, 1.54) is 12.1 Å². The fourth-order valence-corrected chi connectivity index (χ4v) is 3.12. The van der Waals surface area contributed by atoms with Gasteiger partial charge in [0.05, 0.1) is 6.67 Å². The highest BCUT2D eigenvalue weighted by atomic mass is 79.9. The number of hydrogen-bond donors (Lipinski definition) is 1. The van der Waals surface area contributed by atoms with Gasteiger partial charge in [0.1, 0.15) is 5.75 Å². The first-order chi connectivity index (χ1) is 10.4. The second-order valence-electron chi connectivity index (χ2n) is 5.05. The molecule has 2 rings (SSSR count). The molecule has 1 fully saturated rings. The molecular weight excluding hydrogens is 368 g/mol. The van der Waals surface area contributed by atoms with Crippen molar-refractivity contribution in [2.45, 2.75) is 18.8 Å². The quantitative estimate of drug-likeness (QED) is 0.784. The Hall–Kier alpha value is -0.860. The lowest BCUT2D eigenvalue weighted by Crippen LogP contribution is -2.45. The van der Waals surface area contributed by atoms with Gasteiger partial charge in [-0.1, -0.05) is 15.9 Å². The minimum absolute atomic E-state index is 0.238. The molecule has 3 nitrogen and oxygen atoms in total. The molecule has 1 aliphatic heterocycles. The van der Waals surface area contributed by atoms with Crippen molar-refractivity contribution in [2.75, 3.05) is 32.9 Å². The summed E-state index contributed by atoms with van der Waals surface area (Å²) in [6, 6.07) is 4.04. The normalized spacial score (nSPS) is 18.2. The van der Waals surface area contributed by atoms with Gasteiger partial charge in [-0.25, -0.2) is 0 Å². The van der Waals surface area contributed by atoms with Crippen LogP contribution in [0.4, 0.5) is 17.6 Å². The van der Waals surface area contributed by atoms with Gasteiger partial charge in [0.25, 0.3) is 0 Å². The number of piperazine rings is 1. The van der Waals surface area contributed by atoms with E-state index in [-0.39, 0.29) is 18.2 Å². The molecule has 0 aromatic heterocycles. The third-order valence-electron chi connectivity index (χ3n) is 3.49. The first-order valence-corrected chi connectivity index (χ1v) is 7.75. The summed E-state index contributed by atoms with van der Waals surface area (Å²) in [7, 11) is 0. The fourth-order valence-electron chi connectivity index (χ4n) is 2.63. The predicted octanol–water partition coefficient (Wildman–Crippen LogP) is 3.65. The summed E-state index contributed by atoms with van der Waals surface area (Å²) in [5.41, 5.74) is 0.619. The number of ether oxygens (including phenoxy) is 1. The number of nitrogens with one attached hydrogen (secondary N) is 1. The van der Waals surface area contributed by atoms with Crippen LogP contribution in [0.2, 0.25) is 0 Å². The van der Waals surface area contributed by atoms with Gasteiger partial charge >= 0.3 is 6.36 Å². The number of halogens is 5. The van der Waals surface area contributed by atoms with E-state index in [1.807, 2.05) is 0 Å². The number of alkyl halides is 4. The highest BCUT2D eigenvalue weighted by Gasteiger charge is 2.32. The summed E-state index contributed by atoms with van der Waals surface area (Å²) in [4.78, 5) is 2.08. The molecular formula is C14H17BrF4N2O. The second kappa shape index (κ2) is 7.61. The molecule has 22 heavy (non-hydrogen) atoms. The smallest absolute Gasteiger partial charge is 0.406 e. The van der Waals surface area contributed by atoms with Gasteiger partial charge in [-0.15, -0.1) is 13.2 Å². The van der Waals surface area contributed by atoms with Crippen molar-refractivity contribution in [3.8, 4) is 5.75 Å². The Morgan fingerprint density at radius 3 is 2.50 bits per heavy atom. The van der Waals surface area contributed by atoms with Gasteiger partial charge in [-0.05, 0) is 30.2 Å². The van der Waals surface area contributed by atoms with Crippen LogP contribution >= 0.6 is 15.9 Å². The largest absolute Gasteiger partial charge is 0.573 e. The van der Waals surface area contributed by atoms with Crippen molar-refractivity contribution in [3.63, 3.8) is 0 Å². The molecule has 1 N–H and O–H groups in total. The molecule has 1 aromatic carbocycles. The third kappa shape index (κ3) is 5.10. The average Bonchev–Trinajstić information content (AvgIpc) is 2.43. The summed E-state index contributed by atoms with van der Waals surface area (Å²) in [6.45, 7) is 2.49. The Balaban J connectivity index is 2.26. The monoisotopic (exact) mass is 384 g/mol. The Kier molecular flexibility index (Phi) is 6.05. The molecule has 0 unspecified atom stereocenters. The molecule has 0 spiro atoms. The molecule has 8 heteroatoms. The fraction of sp³-hybridized carbons (Fsp3) is 0.571. The summed E-state index contributed by atoms with van der Waals surface area (Å²) in [6.07, 6.45) is -4.51. The Morgan fingerprint density at radius 2 is 1.91 bits per heavy atom. The molecule has 1 atom stereocenters. The zero-order valence-electron chi connectivity index (χ0n) is 11.8. The standard InChI is InChI=1S/C14H17BrF4N2O/c15-11-7-10(8-12(9-11)22-14(17,18)19)13(1-2-16)21-5-3-20-4-6-21/h7-9,13,20H,1-6H2/t13-/m0/s1. The van der Waals surface area contributed by atoms with Crippen LogP contribution in [0, 0.1) is 0 Å². The van der Waals surface area contributed by atoms with Crippen LogP contribution in [-0.2, 0) is 0 Å². The first kappa shape index (κ1) is 17.5. The minimum Gasteiger partial charge on any atom is -0.406 e. The van der Waals surface area contributed by atoms with Crippen LogP contribution in [0.25, 0.3) is 0 Å². The second-order valence-corrected chi connectivity index (χ2v) is 5.96. The molecule has 1 saturated heterocycles. The lowest BCUT2D eigenvalue weighted by Gasteiger charge is -2.35. The molecule has 0 saturated carbocycles. The van der Waals surface area contributed by atoms with E-state index in [2.05, 4.69) is 30.9 Å². The van der Waals surface area contributed by atoms with E-state index in [1.54, 1.807) is 6.07 Å². The zero-order valence-corrected chi connectivity index (χ0v) is 13.4. The lowest BCUT2D eigenvalue weighted by molar-refractivity contribution is -0.274. The summed E-state index contributed by atoms with van der Waals surface area (Å²) in [5.74, 6) is -0.295. The average molecular weight is 385 g/mol. The van der Waals surface area contributed by atoms with E-state index in [0.717, 1.165) is 26.2 Å². The molecule has 124 valence electrons. The molecule has 1 aliphatic rings. The number of nitrogens with zero attached hydrogens (tertiary/aromatic N) is 1. The van der Waals surface area contributed by atoms with Crippen LogP contribution in [0.1, 0.15) is 18.0 Å². The van der Waals surface area contributed by atoms with Crippen molar-refractivity contribution in [1.29, 1.82) is 0 Å². The third-order valence-corrected chi connectivity index (χ3v) is 3.94. The van der Waals surface area contributed by atoms with Gasteiger partial charge in [0, 0.05) is 36.7 Å². The molecule has 0 amide bonds. The van der Waals surface area contributed by atoms with Crippen LogP contribution in [0.5, 0.6) is 5.75 Å². The summed E-state index contributed by atoms with van der Waals surface area (Å²) >= 11 is 3.19. The van der Waals surface area contributed by atoms with Gasteiger partial charge in [0.15, 0.2) is 0 Å². The van der Waals surface area contributed by atoms with Crippen molar-refractivity contribution in [3.05, 3.63) is 28.2 Å². The molecule has 0 aliphatic carbocycles. The first-order valence-electron chi connectivity index (χ1n) is 6.96. The van der Waals surface area contributed by atoms with Crippen molar-refractivity contribution >= 4 is 15.9 Å². The van der Waals surface area contributed by atoms with Crippen LogP contribution in [0.3, 0.4) is 0 Å². The molecule has 0 radical (unpaired) electrons. The van der Waals surface area contributed by atoms with Crippen LogP contribution in [0.15, 0.2) is 22.7 Å². The molecule has 1 aromatic rings. The Labute approximate surface area is 134 Å². The minimum atomic E-state index is -4.75. The Bertz CT molecular complexity index is 492. The van der Waals surface area contributed by atoms with Crippen LogP contribution < -0.4 is 10.1 Å². The van der Waals surface area contributed by atoms with Gasteiger partial charge < -0.3 is 10.1 Å². The van der Waals surface area contributed by atoms with Gasteiger partial charge in [-0.3, -0.25) is 9.29 Å². The topological polar surface area (TPSA) is 24.5 Å². The SMILES string of the molecule is FCC[C@@H](c1cc(Br)cc(OC(F)(F)F)c1)N1CCNCC1. The molecule has 1 heterocycles. The summed E-state index contributed by atoms with van der Waals surface area (Å²) < 4.78 is 54.5. The highest BCUT2D eigenvalue weighted by molar-refractivity contribution is 9.10. The van der Waals surface area contributed by atoms with Gasteiger partial charge in [-0.2, -0.15) is 0 Å². The van der Waals surface area contributed by atoms with E-state index in [4.69, 9.17) is 0 Å². The Morgan fingerprint density at radius 1 is 1.23 bits per heavy atom. The highest BCUT2D eigenvalue weighted by Crippen LogP contribution is 2.33. The number of hydrogen-bond acceptors (Lipinski definition) is 3. The van der Waals surface area contributed by atoms with Crippen molar-refractivity contribution in [2.24, 2.45) is 0 Å². The number of benzene rings is 1. The maximum absolute atomic E-state index is 12.9. The maximum Gasteiger partial charge on any atom is 0.573 e. The molecule has 0 bridgehead atoms. The van der Waals surface area contributed by atoms with E-state index >= 15 is 0 Å². The zero-order chi connectivity index (χ0) is 16.2. The lowest BCUT2D eigenvalue weighted by atomic mass is 10.0. The van der Waals surface area contributed by atoms with Crippen molar-refractivity contribution < 1.29 is 22.3 Å². The van der Waals surface area contributed by atoms with E-state index < -0.39 is 13.0 Å². The van der Waals surface area contributed by atoms with E-state index in [9.17, 15) is 17.6 Å². The maximum atomic E-state index is 12.9. The summed E-state index contributed by atoms with van der Waals surface area (Å²) in [5, 5.41) is 3.20. The van der Waals surface area contributed by atoms with Crippen molar-refractivity contribution in [1.82, 2.24) is 10.2 Å². The van der Waals surface area contributed by atoms with E-state index in [0.29, 0.717) is 10.0 Å². The predicted molar refractivity (Wildman–Crippen MR) is 78.6 cm³/mol. The van der Waals surface area contributed by atoms with Gasteiger partial charge in [0.2, 0.25) is 0 Å².